The quantitative estimate of drug-likeness (QED) is 0.891. The van der Waals surface area contributed by atoms with E-state index in [2.05, 4.69) is 25.3 Å². The smallest absolute Gasteiger partial charge is 0.272 e. The lowest BCUT2D eigenvalue weighted by Crippen LogP contribution is -2.45. The summed E-state index contributed by atoms with van der Waals surface area (Å²) in [4.78, 5) is 20.8. The summed E-state index contributed by atoms with van der Waals surface area (Å²) < 4.78 is 0. The predicted molar refractivity (Wildman–Crippen MR) is 103 cm³/mol. The van der Waals surface area contributed by atoms with E-state index in [-0.39, 0.29) is 5.91 Å². The van der Waals surface area contributed by atoms with Crippen LogP contribution in [0.5, 0.6) is 0 Å². The second-order valence-electron chi connectivity index (χ2n) is 7.68. The van der Waals surface area contributed by atoms with Gasteiger partial charge in [0, 0.05) is 48.3 Å². The first-order valence-electron chi connectivity index (χ1n) is 9.73. The van der Waals surface area contributed by atoms with Crippen LogP contribution in [-0.2, 0) is 0 Å². The Morgan fingerprint density at radius 1 is 1.08 bits per heavy atom. The molecule has 0 saturated carbocycles. The van der Waals surface area contributed by atoms with Crippen LogP contribution in [0, 0.1) is 0 Å². The molecule has 3 aliphatic rings. The third kappa shape index (κ3) is 2.73. The molecule has 26 heavy (non-hydrogen) atoms. The monoisotopic (exact) mass is 351 g/mol. The van der Waals surface area contributed by atoms with Gasteiger partial charge >= 0.3 is 0 Å². The van der Waals surface area contributed by atoms with Crippen molar-refractivity contribution in [2.75, 3.05) is 32.7 Å². The van der Waals surface area contributed by atoms with Crippen molar-refractivity contribution in [3.05, 3.63) is 35.5 Å². The highest BCUT2D eigenvalue weighted by Gasteiger charge is 2.28. The summed E-state index contributed by atoms with van der Waals surface area (Å²) in [5.74, 6) is -0.126. The number of likely N-dealkylation sites (tertiary alicyclic amines) is 2. The fourth-order valence-corrected chi connectivity index (χ4v) is 4.72. The molecule has 2 saturated heterocycles. The number of carbonyl (C=O) groups is 1. The van der Waals surface area contributed by atoms with Gasteiger partial charge in [-0.2, -0.15) is 5.10 Å². The molecule has 6 heteroatoms. The average Bonchev–Trinajstić information content (AvgIpc) is 3.32. The lowest BCUT2D eigenvalue weighted by atomic mass is 10.0. The van der Waals surface area contributed by atoms with Gasteiger partial charge in [0.15, 0.2) is 0 Å². The Labute approximate surface area is 153 Å². The van der Waals surface area contributed by atoms with Gasteiger partial charge in [-0.15, -0.1) is 0 Å². The molecule has 0 atom stereocenters. The first-order chi connectivity index (χ1) is 12.8. The van der Waals surface area contributed by atoms with Crippen LogP contribution in [0.15, 0.2) is 29.5 Å². The van der Waals surface area contributed by atoms with Gasteiger partial charge in [-0.25, -0.2) is 5.43 Å². The van der Waals surface area contributed by atoms with Crippen LogP contribution in [0.1, 0.15) is 41.6 Å². The highest BCUT2D eigenvalue weighted by Crippen LogP contribution is 2.26. The summed E-state index contributed by atoms with van der Waals surface area (Å²) in [5, 5.41) is 5.45. The van der Waals surface area contributed by atoms with Gasteiger partial charge in [0.25, 0.3) is 5.91 Å². The molecule has 3 aliphatic heterocycles. The van der Waals surface area contributed by atoms with E-state index in [9.17, 15) is 4.79 Å². The molecule has 0 unspecified atom stereocenters. The van der Waals surface area contributed by atoms with Crippen LogP contribution < -0.4 is 5.43 Å². The topological polar surface area (TPSA) is 63.7 Å². The molecule has 0 spiro atoms. The number of benzene rings is 1. The van der Waals surface area contributed by atoms with E-state index in [1.165, 1.54) is 38.8 Å². The van der Waals surface area contributed by atoms with Gasteiger partial charge in [-0.1, -0.05) is 6.07 Å². The zero-order valence-corrected chi connectivity index (χ0v) is 15.0. The second-order valence-corrected chi connectivity index (χ2v) is 7.68. The number of amides is 1. The van der Waals surface area contributed by atoms with Crippen LogP contribution in [-0.4, -0.2) is 65.2 Å². The van der Waals surface area contributed by atoms with E-state index in [4.69, 9.17) is 0 Å². The van der Waals surface area contributed by atoms with Gasteiger partial charge < -0.3 is 9.88 Å². The highest BCUT2D eigenvalue weighted by molar-refractivity contribution is 6.19. The predicted octanol–water partition coefficient (Wildman–Crippen LogP) is 2.18. The fraction of sp³-hybridized carbons (Fsp3) is 0.500. The number of hydrogen-bond acceptors (Lipinski definition) is 4. The lowest BCUT2D eigenvalue weighted by Gasteiger charge is -2.36. The summed E-state index contributed by atoms with van der Waals surface area (Å²) in [7, 11) is 0. The average molecular weight is 351 g/mol. The minimum Gasteiger partial charge on any atom is -0.360 e. The number of aromatic nitrogens is 1. The molecule has 0 bridgehead atoms. The summed E-state index contributed by atoms with van der Waals surface area (Å²) in [6.45, 7) is 5.55. The summed E-state index contributed by atoms with van der Waals surface area (Å²) in [6, 6.07) is 6.55. The molecule has 0 aliphatic carbocycles. The maximum Gasteiger partial charge on any atom is 0.272 e. The van der Waals surface area contributed by atoms with Crippen molar-refractivity contribution in [1.82, 2.24) is 20.2 Å². The maximum atomic E-state index is 12.4. The first-order valence-corrected chi connectivity index (χ1v) is 9.73. The number of rotatable bonds is 3. The minimum absolute atomic E-state index is 0.126. The first kappa shape index (κ1) is 16.0. The minimum atomic E-state index is -0.126. The number of nitrogens with one attached hydrogen (secondary N) is 2. The van der Waals surface area contributed by atoms with Gasteiger partial charge in [0.2, 0.25) is 0 Å². The molecule has 6 nitrogen and oxygen atoms in total. The molecule has 2 N–H and O–H groups in total. The Kier molecular flexibility index (Phi) is 4.02. The molecule has 2 fully saturated rings. The van der Waals surface area contributed by atoms with Crippen LogP contribution in [0.4, 0.5) is 0 Å². The number of piperidine rings is 1. The summed E-state index contributed by atoms with van der Waals surface area (Å²) >= 11 is 0. The second kappa shape index (κ2) is 6.52. The fourth-order valence-electron chi connectivity index (χ4n) is 4.72. The number of carbonyl (C=O) groups excluding carboxylic acids is 1. The molecule has 2 aromatic rings. The van der Waals surface area contributed by atoms with E-state index >= 15 is 0 Å². The van der Waals surface area contributed by atoms with Gasteiger partial charge in [-0.3, -0.25) is 9.69 Å². The van der Waals surface area contributed by atoms with Gasteiger partial charge in [-0.05, 0) is 50.9 Å². The van der Waals surface area contributed by atoms with E-state index in [0.717, 1.165) is 47.9 Å². The van der Waals surface area contributed by atoms with Gasteiger partial charge in [0.1, 0.15) is 0 Å². The van der Waals surface area contributed by atoms with Crippen LogP contribution in [0.2, 0.25) is 0 Å². The van der Waals surface area contributed by atoms with E-state index < -0.39 is 0 Å². The van der Waals surface area contributed by atoms with Crippen molar-refractivity contribution < 1.29 is 4.79 Å². The largest absolute Gasteiger partial charge is 0.360 e. The SMILES string of the molecule is O=C1NN=C(CN2CCC(N3CCCC3)CC2)c2c[nH]c3cccc1c23. The number of hydrogen-bond donors (Lipinski definition) is 2. The summed E-state index contributed by atoms with van der Waals surface area (Å²) in [5.41, 5.74) is 6.43. The molecule has 136 valence electrons. The summed E-state index contributed by atoms with van der Waals surface area (Å²) in [6.07, 6.45) is 7.18. The lowest BCUT2D eigenvalue weighted by molar-refractivity contribution is 0.0956. The Balaban J connectivity index is 1.34. The number of nitrogens with zero attached hydrogens (tertiary/aromatic N) is 3. The third-order valence-electron chi connectivity index (χ3n) is 6.14. The normalized spacial score (nSPS) is 22.5. The van der Waals surface area contributed by atoms with Crippen LogP contribution in [0.25, 0.3) is 10.9 Å². The number of hydrazone groups is 1. The van der Waals surface area contributed by atoms with E-state index in [1.54, 1.807) is 0 Å². The molecule has 4 heterocycles. The zero-order valence-electron chi connectivity index (χ0n) is 15.0. The third-order valence-corrected chi connectivity index (χ3v) is 6.14. The number of H-pyrrole nitrogens is 1. The van der Waals surface area contributed by atoms with Crippen molar-refractivity contribution in [3.63, 3.8) is 0 Å². The molecule has 5 rings (SSSR count). The Morgan fingerprint density at radius 3 is 2.69 bits per heavy atom. The molecular weight excluding hydrogens is 326 g/mol. The standard InChI is InChI=1S/C20H25N5O/c26-20-15-4-3-5-17-19(15)16(12-21-17)18(22-23-20)13-24-10-6-14(7-11-24)25-8-1-2-9-25/h3-5,12,14,21H,1-2,6-11,13H2,(H,23,26). The highest BCUT2D eigenvalue weighted by atomic mass is 16.2. The van der Waals surface area contributed by atoms with Crippen LogP contribution in [0.3, 0.4) is 0 Å². The van der Waals surface area contributed by atoms with Crippen molar-refractivity contribution >= 4 is 22.5 Å². The van der Waals surface area contributed by atoms with E-state index in [0.29, 0.717) is 5.56 Å². The molecule has 1 amide bonds. The van der Waals surface area contributed by atoms with Crippen LogP contribution >= 0.6 is 0 Å². The molecule has 1 aromatic heterocycles. The van der Waals surface area contributed by atoms with E-state index in [1.807, 2.05) is 24.4 Å². The zero-order chi connectivity index (χ0) is 17.5. The Morgan fingerprint density at radius 2 is 1.88 bits per heavy atom. The number of aromatic amines is 1. The maximum absolute atomic E-state index is 12.4. The molecule has 1 aromatic carbocycles. The van der Waals surface area contributed by atoms with Crippen molar-refractivity contribution in [1.29, 1.82) is 0 Å². The molecular formula is C20H25N5O. The van der Waals surface area contributed by atoms with Crippen molar-refractivity contribution in [2.45, 2.75) is 31.7 Å². The Hall–Kier alpha value is -2.18. The van der Waals surface area contributed by atoms with Gasteiger partial charge in [0.05, 0.1) is 11.3 Å². The van der Waals surface area contributed by atoms with Crippen molar-refractivity contribution in [3.8, 4) is 0 Å². The Bertz CT molecular complexity index is 856. The molecule has 0 radical (unpaired) electrons. The van der Waals surface area contributed by atoms with Crippen molar-refractivity contribution in [2.24, 2.45) is 5.10 Å².